The molecule has 0 saturated heterocycles. The molecule has 0 amide bonds. The van der Waals surface area contributed by atoms with Crippen LogP contribution in [-0.4, -0.2) is 32.9 Å². The number of aromatic nitrogens is 4. The summed E-state index contributed by atoms with van der Waals surface area (Å²) in [6, 6.07) is 3.69. The number of nitrogens with zero attached hydrogens (tertiary/aromatic N) is 4. The quantitative estimate of drug-likeness (QED) is 0.736. The van der Waals surface area contributed by atoms with E-state index in [1.807, 2.05) is 16.9 Å². The van der Waals surface area contributed by atoms with E-state index in [1.165, 1.54) is 0 Å². The molecule has 2 aromatic rings. The van der Waals surface area contributed by atoms with Crippen LogP contribution in [0.2, 0.25) is 0 Å². The average molecular weight is 261 g/mol. The number of ether oxygens (including phenoxy) is 1. The molecule has 0 aliphatic rings. The zero-order valence-electron chi connectivity index (χ0n) is 11.1. The summed E-state index contributed by atoms with van der Waals surface area (Å²) in [7, 11) is 0. The van der Waals surface area contributed by atoms with Gasteiger partial charge in [-0.05, 0) is 18.9 Å². The van der Waals surface area contributed by atoms with E-state index >= 15 is 0 Å². The minimum absolute atomic E-state index is 0.606. The van der Waals surface area contributed by atoms with Gasteiger partial charge in [0.25, 0.3) is 0 Å². The van der Waals surface area contributed by atoms with Gasteiger partial charge in [0.1, 0.15) is 0 Å². The lowest BCUT2D eigenvalue weighted by Crippen LogP contribution is -2.09. The Morgan fingerprint density at radius 3 is 3.11 bits per heavy atom. The van der Waals surface area contributed by atoms with Crippen molar-refractivity contribution >= 4 is 5.95 Å². The fourth-order valence-electron chi connectivity index (χ4n) is 1.59. The van der Waals surface area contributed by atoms with Crippen molar-refractivity contribution in [3.63, 3.8) is 0 Å². The monoisotopic (exact) mass is 261 g/mol. The van der Waals surface area contributed by atoms with E-state index in [2.05, 4.69) is 27.3 Å². The van der Waals surface area contributed by atoms with Gasteiger partial charge in [0, 0.05) is 37.7 Å². The summed E-state index contributed by atoms with van der Waals surface area (Å²) in [6.07, 6.45) is 7.37. The Morgan fingerprint density at radius 2 is 2.32 bits per heavy atom. The smallest absolute Gasteiger partial charge is 0.225 e. The minimum Gasteiger partial charge on any atom is -0.478 e. The van der Waals surface area contributed by atoms with Crippen molar-refractivity contribution < 1.29 is 4.74 Å². The van der Waals surface area contributed by atoms with E-state index in [-0.39, 0.29) is 0 Å². The fourth-order valence-corrected chi connectivity index (χ4v) is 1.59. The third-order valence-electron chi connectivity index (χ3n) is 2.49. The number of hydrogen-bond donors (Lipinski definition) is 1. The first kappa shape index (κ1) is 13.3. The van der Waals surface area contributed by atoms with Gasteiger partial charge in [-0.3, -0.25) is 4.68 Å². The van der Waals surface area contributed by atoms with Gasteiger partial charge in [-0.25, -0.2) is 4.98 Å². The van der Waals surface area contributed by atoms with Crippen molar-refractivity contribution in [3.8, 4) is 5.88 Å². The van der Waals surface area contributed by atoms with Gasteiger partial charge in [-0.1, -0.05) is 6.92 Å². The van der Waals surface area contributed by atoms with Crippen LogP contribution in [0.1, 0.15) is 19.8 Å². The van der Waals surface area contributed by atoms with Crippen molar-refractivity contribution in [2.45, 2.75) is 26.3 Å². The Hall–Kier alpha value is -2.11. The van der Waals surface area contributed by atoms with Crippen LogP contribution in [0.3, 0.4) is 0 Å². The van der Waals surface area contributed by atoms with Gasteiger partial charge < -0.3 is 10.1 Å². The Kier molecular flexibility index (Phi) is 5.16. The molecule has 0 atom stereocenters. The summed E-state index contributed by atoms with van der Waals surface area (Å²) in [5, 5.41) is 7.33. The molecule has 0 fully saturated rings. The van der Waals surface area contributed by atoms with E-state index in [1.54, 1.807) is 18.5 Å². The second kappa shape index (κ2) is 7.35. The normalized spacial score (nSPS) is 10.4. The first-order valence-electron chi connectivity index (χ1n) is 6.55. The maximum atomic E-state index is 5.46. The third kappa shape index (κ3) is 4.57. The summed E-state index contributed by atoms with van der Waals surface area (Å²) in [6.45, 7) is 4.43. The first-order valence-corrected chi connectivity index (χ1v) is 6.55. The first-order chi connectivity index (χ1) is 9.38. The molecule has 0 spiro atoms. The molecule has 0 aromatic carbocycles. The molecule has 19 heavy (non-hydrogen) atoms. The fraction of sp³-hybridized carbons (Fsp3) is 0.462. The van der Waals surface area contributed by atoms with Crippen molar-refractivity contribution in [1.82, 2.24) is 19.7 Å². The highest BCUT2D eigenvalue weighted by molar-refractivity contribution is 5.27. The largest absolute Gasteiger partial charge is 0.478 e. The molecule has 6 nitrogen and oxygen atoms in total. The highest BCUT2D eigenvalue weighted by Crippen LogP contribution is 2.08. The number of anilines is 1. The molecule has 0 bridgehead atoms. The second-order valence-corrected chi connectivity index (χ2v) is 4.12. The van der Waals surface area contributed by atoms with Gasteiger partial charge in [0.05, 0.1) is 6.61 Å². The molecule has 2 rings (SSSR count). The third-order valence-corrected chi connectivity index (χ3v) is 2.49. The van der Waals surface area contributed by atoms with E-state index in [9.17, 15) is 0 Å². The predicted molar refractivity (Wildman–Crippen MR) is 73.2 cm³/mol. The maximum absolute atomic E-state index is 5.46. The van der Waals surface area contributed by atoms with Crippen molar-refractivity contribution in [1.29, 1.82) is 0 Å². The van der Waals surface area contributed by atoms with Gasteiger partial charge in [0.15, 0.2) is 0 Å². The minimum atomic E-state index is 0.606. The Morgan fingerprint density at radius 1 is 1.37 bits per heavy atom. The second-order valence-electron chi connectivity index (χ2n) is 4.12. The van der Waals surface area contributed by atoms with Crippen LogP contribution in [0.4, 0.5) is 5.95 Å². The van der Waals surface area contributed by atoms with Crippen LogP contribution in [0, 0.1) is 0 Å². The van der Waals surface area contributed by atoms with Crippen molar-refractivity contribution in [2.75, 3.05) is 18.5 Å². The molecule has 6 heteroatoms. The Balaban J connectivity index is 1.73. The lowest BCUT2D eigenvalue weighted by atomic mass is 10.4. The molecular weight excluding hydrogens is 242 g/mol. The van der Waals surface area contributed by atoms with Crippen LogP contribution < -0.4 is 10.1 Å². The molecule has 0 aliphatic heterocycles. The highest BCUT2D eigenvalue weighted by Gasteiger charge is 1.99. The number of aryl methyl sites for hydroxylation is 1. The molecule has 0 saturated carbocycles. The average Bonchev–Trinajstić information content (AvgIpc) is 2.95. The summed E-state index contributed by atoms with van der Waals surface area (Å²) >= 11 is 0. The number of rotatable bonds is 8. The molecule has 0 radical (unpaired) electrons. The van der Waals surface area contributed by atoms with Crippen LogP contribution in [0.15, 0.2) is 30.7 Å². The van der Waals surface area contributed by atoms with Gasteiger partial charge >= 0.3 is 0 Å². The van der Waals surface area contributed by atoms with Gasteiger partial charge in [0.2, 0.25) is 11.8 Å². The van der Waals surface area contributed by atoms with E-state index in [4.69, 9.17) is 4.74 Å². The Bertz CT molecular complexity index is 472. The number of nitrogens with one attached hydrogen (secondary N) is 1. The van der Waals surface area contributed by atoms with Gasteiger partial charge in [-0.15, -0.1) is 0 Å². The van der Waals surface area contributed by atoms with E-state index in [0.717, 1.165) is 25.9 Å². The number of hydrogen-bond acceptors (Lipinski definition) is 5. The summed E-state index contributed by atoms with van der Waals surface area (Å²) in [4.78, 5) is 8.44. The topological polar surface area (TPSA) is 64.9 Å². The molecule has 1 N–H and O–H groups in total. The van der Waals surface area contributed by atoms with Crippen LogP contribution in [0.25, 0.3) is 0 Å². The van der Waals surface area contributed by atoms with E-state index in [0.29, 0.717) is 18.4 Å². The molecule has 0 aliphatic carbocycles. The lowest BCUT2D eigenvalue weighted by molar-refractivity contribution is 0.305. The highest BCUT2D eigenvalue weighted by atomic mass is 16.5. The SMILES string of the molecule is CCCOc1ccnc(NCCCn2cccn2)n1. The van der Waals surface area contributed by atoms with Crippen LogP contribution in [0.5, 0.6) is 5.88 Å². The summed E-state index contributed by atoms with van der Waals surface area (Å²) in [5.41, 5.74) is 0. The molecule has 2 heterocycles. The molecule has 102 valence electrons. The molecule has 0 unspecified atom stereocenters. The summed E-state index contributed by atoms with van der Waals surface area (Å²) in [5.74, 6) is 1.22. The summed E-state index contributed by atoms with van der Waals surface area (Å²) < 4.78 is 7.36. The Labute approximate surface area is 112 Å². The van der Waals surface area contributed by atoms with Crippen molar-refractivity contribution in [2.24, 2.45) is 0 Å². The maximum Gasteiger partial charge on any atom is 0.225 e. The van der Waals surface area contributed by atoms with Crippen LogP contribution >= 0.6 is 0 Å². The lowest BCUT2D eigenvalue weighted by Gasteiger charge is -2.07. The van der Waals surface area contributed by atoms with E-state index < -0.39 is 0 Å². The zero-order chi connectivity index (χ0) is 13.3. The zero-order valence-corrected chi connectivity index (χ0v) is 11.1. The predicted octanol–water partition coefficient (Wildman–Crippen LogP) is 1.96. The standard InChI is InChI=1S/C13H19N5O/c1-2-11-19-12-5-8-15-13(17-12)14-6-3-9-18-10-4-7-16-18/h4-5,7-8,10H,2-3,6,9,11H2,1H3,(H,14,15,17). The van der Waals surface area contributed by atoms with Crippen LogP contribution in [-0.2, 0) is 6.54 Å². The molecular formula is C13H19N5O. The van der Waals surface area contributed by atoms with Crippen molar-refractivity contribution in [3.05, 3.63) is 30.7 Å². The molecule has 2 aromatic heterocycles. The van der Waals surface area contributed by atoms with Gasteiger partial charge in [-0.2, -0.15) is 10.1 Å².